The lowest BCUT2D eigenvalue weighted by molar-refractivity contribution is -0.0816. The van der Waals surface area contributed by atoms with Crippen LogP contribution < -0.4 is 21.5 Å². The van der Waals surface area contributed by atoms with E-state index in [1.165, 1.54) is 19.2 Å². The Labute approximate surface area is 215 Å². The molecule has 1 saturated heterocycles. The Balaban J connectivity index is 1.88. The van der Waals surface area contributed by atoms with E-state index < -0.39 is 31.5 Å². The van der Waals surface area contributed by atoms with Gasteiger partial charge in [-0.15, -0.1) is 0 Å². The van der Waals surface area contributed by atoms with Crippen molar-refractivity contribution in [3.05, 3.63) is 37.6 Å². The molecule has 13 heteroatoms. The number of hydroxylamine groups is 1. The lowest BCUT2D eigenvalue weighted by atomic mass is 10.0. The van der Waals surface area contributed by atoms with E-state index in [0.29, 0.717) is 10.9 Å². The fraction of sp³-hybridized carbons (Fsp3) is 0.565. The normalized spacial score (nSPS) is 18.6. The van der Waals surface area contributed by atoms with Crippen LogP contribution in [0.1, 0.15) is 40.0 Å². The van der Waals surface area contributed by atoms with Crippen LogP contribution in [0.2, 0.25) is 5.02 Å². The third-order valence-corrected chi connectivity index (χ3v) is 8.27. The summed E-state index contributed by atoms with van der Waals surface area (Å²) < 4.78 is 37.4. The van der Waals surface area contributed by atoms with Gasteiger partial charge in [0, 0.05) is 14.2 Å². The van der Waals surface area contributed by atoms with Crippen LogP contribution in [0, 0.1) is 0 Å². The van der Waals surface area contributed by atoms with Gasteiger partial charge in [0.25, 0.3) is 20.9 Å². The summed E-state index contributed by atoms with van der Waals surface area (Å²) in [5, 5.41) is 16.4. The number of phenolic OH excluding ortho intramolecular Hbond substituents is 1. The van der Waals surface area contributed by atoms with Crippen molar-refractivity contribution in [2.75, 3.05) is 38.0 Å². The van der Waals surface area contributed by atoms with Crippen LogP contribution >= 0.6 is 11.6 Å². The van der Waals surface area contributed by atoms with E-state index in [2.05, 4.69) is 10.6 Å². The van der Waals surface area contributed by atoms with E-state index in [9.17, 15) is 23.1 Å². The monoisotopic (exact) mass is 545 g/mol. The average molecular weight is 546 g/mol. The van der Waals surface area contributed by atoms with Crippen LogP contribution in [-0.2, 0) is 24.3 Å². The molecule has 0 aromatic heterocycles. The van der Waals surface area contributed by atoms with Crippen molar-refractivity contribution in [3.8, 4) is 5.75 Å². The molecule has 0 bridgehead atoms. The Bertz CT molecular complexity index is 1270. The predicted molar refractivity (Wildman–Crippen MR) is 136 cm³/mol. The van der Waals surface area contributed by atoms with Gasteiger partial charge in [-0.05, 0) is 45.2 Å². The summed E-state index contributed by atoms with van der Waals surface area (Å²) in [5.74, 6) is -0.725. The first-order valence-corrected chi connectivity index (χ1v) is 13.3. The maximum Gasteiger partial charge on any atom is 0.270 e. The summed E-state index contributed by atoms with van der Waals surface area (Å²) in [6.45, 7) is 6.03. The van der Waals surface area contributed by atoms with Gasteiger partial charge in [-0.25, -0.2) is 8.42 Å². The zero-order valence-electron chi connectivity index (χ0n) is 20.9. The molecule has 1 fully saturated rings. The second-order valence-corrected chi connectivity index (χ2v) is 11.4. The summed E-state index contributed by atoms with van der Waals surface area (Å²) in [7, 11) is -1.79. The van der Waals surface area contributed by atoms with Crippen LogP contribution in [0.5, 0.6) is 5.75 Å². The van der Waals surface area contributed by atoms with Gasteiger partial charge >= 0.3 is 0 Å². The number of rotatable bonds is 12. The van der Waals surface area contributed by atoms with Gasteiger partial charge in [-0.3, -0.25) is 14.4 Å². The molecule has 1 aliphatic rings. The van der Waals surface area contributed by atoms with Crippen molar-refractivity contribution in [3.63, 3.8) is 0 Å². The van der Waals surface area contributed by atoms with Gasteiger partial charge in [-0.2, -0.15) is 0 Å². The fourth-order valence-electron chi connectivity index (χ4n) is 4.07. The quantitative estimate of drug-likeness (QED) is 0.157. The minimum atomic E-state index is -4.38. The summed E-state index contributed by atoms with van der Waals surface area (Å²) in [5.41, 5.74) is -1.92. The first kappa shape index (κ1) is 28.4. The molecule has 0 aliphatic carbocycles. The largest absolute Gasteiger partial charge is 0.504 e. The maximum atomic E-state index is 13.0. The van der Waals surface area contributed by atoms with Crippen molar-refractivity contribution in [1.29, 1.82) is 0 Å². The topological polar surface area (TPSA) is 144 Å². The van der Waals surface area contributed by atoms with Crippen LogP contribution in [-0.4, -0.2) is 63.1 Å². The SMILES string of the molecule is CC[C@@H](Nc1c(Nc2ccc(Cl)c(S(=O)(=O)N(C)OCCOC)c2O)c(=O)c1=O)[C@H]1CCC(C)(C)O1. The predicted octanol–water partition coefficient (Wildman–Crippen LogP) is 2.73. The van der Waals surface area contributed by atoms with Crippen molar-refractivity contribution in [2.45, 2.75) is 62.7 Å². The Kier molecular flexibility index (Phi) is 8.69. The van der Waals surface area contributed by atoms with E-state index in [1.807, 2.05) is 20.8 Å². The number of phenols is 1. The molecule has 200 valence electrons. The summed E-state index contributed by atoms with van der Waals surface area (Å²) in [6.07, 6.45) is 2.17. The lowest BCUT2D eigenvalue weighted by Gasteiger charge is -2.28. The number of hydrogen-bond acceptors (Lipinski definition) is 10. The van der Waals surface area contributed by atoms with Crippen LogP contribution in [0.25, 0.3) is 0 Å². The van der Waals surface area contributed by atoms with E-state index in [1.54, 1.807) is 0 Å². The summed E-state index contributed by atoms with van der Waals surface area (Å²) >= 11 is 6.11. The molecule has 2 aromatic rings. The highest BCUT2D eigenvalue weighted by atomic mass is 35.5. The minimum Gasteiger partial charge on any atom is -0.504 e. The lowest BCUT2D eigenvalue weighted by Crippen LogP contribution is -2.42. The van der Waals surface area contributed by atoms with Gasteiger partial charge in [0.1, 0.15) is 16.3 Å². The number of anilines is 3. The molecule has 2 atom stereocenters. The summed E-state index contributed by atoms with van der Waals surface area (Å²) in [4.78, 5) is 29.3. The van der Waals surface area contributed by atoms with Crippen molar-refractivity contribution < 1.29 is 27.8 Å². The molecule has 1 aliphatic heterocycles. The molecule has 0 radical (unpaired) electrons. The minimum absolute atomic E-state index is 0.0540. The molecule has 2 aromatic carbocycles. The molecule has 0 amide bonds. The second kappa shape index (κ2) is 11.0. The van der Waals surface area contributed by atoms with E-state index in [-0.39, 0.29) is 53.0 Å². The highest BCUT2D eigenvalue weighted by Gasteiger charge is 2.37. The van der Waals surface area contributed by atoms with E-state index in [4.69, 9.17) is 25.9 Å². The smallest absolute Gasteiger partial charge is 0.270 e. The fourth-order valence-corrected chi connectivity index (χ4v) is 5.65. The highest BCUT2D eigenvalue weighted by molar-refractivity contribution is 7.89. The number of aromatic hydroxyl groups is 1. The second-order valence-electron chi connectivity index (χ2n) is 9.16. The van der Waals surface area contributed by atoms with E-state index >= 15 is 0 Å². The third kappa shape index (κ3) is 5.68. The van der Waals surface area contributed by atoms with Crippen molar-refractivity contribution in [1.82, 2.24) is 4.47 Å². The molecule has 1 heterocycles. The Morgan fingerprint density at radius 2 is 1.92 bits per heavy atom. The first-order valence-electron chi connectivity index (χ1n) is 11.5. The Hall–Kier alpha value is -2.22. The molecule has 3 rings (SSSR count). The van der Waals surface area contributed by atoms with Gasteiger partial charge in [-0.1, -0.05) is 23.0 Å². The van der Waals surface area contributed by atoms with Crippen molar-refractivity contribution >= 4 is 38.7 Å². The molecule has 3 N–H and O–H groups in total. The highest BCUT2D eigenvalue weighted by Crippen LogP contribution is 2.40. The molecule has 11 nitrogen and oxygen atoms in total. The standard InChI is InChI=1S/C23H32ClN3O8S/c1-6-14(16-9-10-23(2,3)35-16)25-17-18(21(30)20(17)29)26-15-8-7-13(24)22(19(15)28)36(31,32)27(4)34-12-11-33-5/h7-8,14,16,25-26,28H,6,9-12H2,1-5H3/t14-,16-/m1/s1. The number of sulfonamides is 1. The number of nitrogens with zero attached hydrogens (tertiary/aromatic N) is 1. The van der Waals surface area contributed by atoms with Crippen molar-refractivity contribution in [2.24, 2.45) is 0 Å². The van der Waals surface area contributed by atoms with Crippen LogP contribution in [0.3, 0.4) is 0 Å². The number of ether oxygens (including phenoxy) is 2. The molecule has 0 spiro atoms. The zero-order chi connectivity index (χ0) is 26.8. The molecule has 0 unspecified atom stereocenters. The maximum absolute atomic E-state index is 13.0. The number of methoxy groups -OCH3 is 1. The van der Waals surface area contributed by atoms with E-state index in [0.717, 1.165) is 19.9 Å². The number of nitrogens with one attached hydrogen (secondary N) is 2. The molecular formula is C23H32ClN3O8S. The average Bonchev–Trinajstić information content (AvgIpc) is 3.18. The summed E-state index contributed by atoms with van der Waals surface area (Å²) in [6, 6.07) is 2.34. The Morgan fingerprint density at radius 1 is 1.25 bits per heavy atom. The number of hydrogen-bond donors (Lipinski definition) is 3. The van der Waals surface area contributed by atoms with Crippen LogP contribution in [0.4, 0.5) is 17.1 Å². The molecule has 0 saturated carbocycles. The Morgan fingerprint density at radius 3 is 2.50 bits per heavy atom. The molecule has 36 heavy (non-hydrogen) atoms. The first-order chi connectivity index (χ1) is 16.8. The van der Waals surface area contributed by atoms with Gasteiger partial charge in [0.05, 0.1) is 41.7 Å². The molecular weight excluding hydrogens is 514 g/mol. The van der Waals surface area contributed by atoms with Gasteiger partial charge in [0.2, 0.25) is 0 Å². The van der Waals surface area contributed by atoms with Gasteiger partial charge in [0.15, 0.2) is 5.75 Å². The van der Waals surface area contributed by atoms with Crippen LogP contribution in [0.15, 0.2) is 26.6 Å². The zero-order valence-corrected chi connectivity index (χ0v) is 22.5. The third-order valence-electron chi connectivity index (χ3n) is 6.13. The van der Waals surface area contributed by atoms with Gasteiger partial charge < -0.3 is 25.2 Å². The number of halogens is 1. The number of benzene rings is 1.